The van der Waals surface area contributed by atoms with E-state index >= 15 is 0 Å². The lowest BCUT2D eigenvalue weighted by Crippen LogP contribution is -2.44. The van der Waals surface area contributed by atoms with E-state index in [-0.39, 0.29) is 0 Å². The second-order valence-corrected chi connectivity index (χ2v) is 4.80. The molecular weight excluding hydrogens is 270 g/mol. The van der Waals surface area contributed by atoms with Crippen molar-refractivity contribution in [1.82, 2.24) is 14.5 Å². The minimum Gasteiger partial charge on any atom is -0.375 e. The topological polar surface area (TPSA) is 30.3 Å². The van der Waals surface area contributed by atoms with Crippen molar-refractivity contribution in [1.29, 1.82) is 0 Å². The first-order valence-corrected chi connectivity index (χ1v) is 6.78. The zero-order valence-electron chi connectivity index (χ0n) is 9.60. The summed E-state index contributed by atoms with van der Waals surface area (Å²) in [6.07, 6.45) is 5.21. The SMILES string of the molecule is Cn1ccnc1CCN1CCOC(CBr)C1. The summed E-state index contributed by atoms with van der Waals surface area (Å²) in [6.45, 7) is 3.97. The van der Waals surface area contributed by atoms with Gasteiger partial charge in [-0.2, -0.15) is 0 Å². The van der Waals surface area contributed by atoms with Crippen molar-refractivity contribution in [3.8, 4) is 0 Å². The first kappa shape index (κ1) is 12.1. The van der Waals surface area contributed by atoms with Crippen molar-refractivity contribution in [2.24, 2.45) is 7.05 Å². The fraction of sp³-hybridized carbons (Fsp3) is 0.727. The monoisotopic (exact) mass is 287 g/mol. The Morgan fingerprint density at radius 1 is 1.62 bits per heavy atom. The van der Waals surface area contributed by atoms with E-state index in [1.807, 2.05) is 19.4 Å². The Kier molecular flexibility index (Phi) is 4.37. The van der Waals surface area contributed by atoms with Gasteiger partial charge in [-0.3, -0.25) is 4.90 Å². The molecule has 0 aliphatic carbocycles. The number of nitrogens with zero attached hydrogens (tertiary/aromatic N) is 3. The predicted molar refractivity (Wildman–Crippen MR) is 66.9 cm³/mol. The molecule has 1 saturated heterocycles. The highest BCUT2D eigenvalue weighted by Gasteiger charge is 2.19. The minimum absolute atomic E-state index is 0.343. The zero-order valence-corrected chi connectivity index (χ0v) is 11.2. The van der Waals surface area contributed by atoms with E-state index in [0.29, 0.717) is 6.10 Å². The quantitative estimate of drug-likeness (QED) is 0.776. The lowest BCUT2D eigenvalue weighted by Gasteiger charge is -2.31. The first-order valence-electron chi connectivity index (χ1n) is 5.65. The Bertz CT molecular complexity index is 329. The van der Waals surface area contributed by atoms with Gasteiger partial charge in [-0.05, 0) is 0 Å². The Balaban J connectivity index is 1.79. The molecule has 0 aromatic carbocycles. The third-order valence-corrected chi connectivity index (χ3v) is 3.69. The number of aromatic nitrogens is 2. The molecule has 4 nitrogen and oxygen atoms in total. The first-order chi connectivity index (χ1) is 7.79. The van der Waals surface area contributed by atoms with Crippen LogP contribution >= 0.6 is 15.9 Å². The smallest absolute Gasteiger partial charge is 0.109 e. The van der Waals surface area contributed by atoms with E-state index in [1.165, 1.54) is 0 Å². The van der Waals surface area contributed by atoms with Crippen LogP contribution in [0.2, 0.25) is 0 Å². The number of ether oxygens (including phenoxy) is 1. The van der Waals surface area contributed by atoms with Gasteiger partial charge in [0.25, 0.3) is 0 Å². The van der Waals surface area contributed by atoms with E-state index < -0.39 is 0 Å². The van der Waals surface area contributed by atoms with Gasteiger partial charge in [0.1, 0.15) is 5.82 Å². The molecule has 1 atom stereocenters. The summed E-state index contributed by atoms with van der Waals surface area (Å²) in [4.78, 5) is 6.78. The van der Waals surface area contributed by atoms with E-state index in [9.17, 15) is 0 Å². The summed E-state index contributed by atoms with van der Waals surface area (Å²) in [5.41, 5.74) is 0. The van der Waals surface area contributed by atoms with Crippen LogP contribution < -0.4 is 0 Å². The van der Waals surface area contributed by atoms with Gasteiger partial charge in [0.15, 0.2) is 0 Å². The molecule has 90 valence electrons. The van der Waals surface area contributed by atoms with Crippen molar-refractivity contribution in [2.75, 3.05) is 31.6 Å². The van der Waals surface area contributed by atoms with Crippen molar-refractivity contribution in [3.63, 3.8) is 0 Å². The van der Waals surface area contributed by atoms with Crippen LogP contribution in [0, 0.1) is 0 Å². The van der Waals surface area contributed by atoms with E-state index in [1.54, 1.807) is 0 Å². The van der Waals surface area contributed by atoms with Crippen LogP contribution in [0.1, 0.15) is 5.82 Å². The number of alkyl halides is 1. The number of halogens is 1. The van der Waals surface area contributed by atoms with Crippen LogP contribution in [-0.4, -0.2) is 52.1 Å². The van der Waals surface area contributed by atoms with Crippen LogP contribution in [-0.2, 0) is 18.2 Å². The van der Waals surface area contributed by atoms with Crippen LogP contribution in [0.15, 0.2) is 12.4 Å². The second-order valence-electron chi connectivity index (χ2n) is 4.15. The zero-order chi connectivity index (χ0) is 11.4. The highest BCUT2D eigenvalue weighted by Crippen LogP contribution is 2.08. The molecular formula is C11H18BrN3O. The lowest BCUT2D eigenvalue weighted by atomic mass is 10.2. The van der Waals surface area contributed by atoms with E-state index in [0.717, 1.165) is 43.8 Å². The molecule has 0 spiro atoms. The summed E-state index contributed by atoms with van der Waals surface area (Å²) < 4.78 is 7.69. The molecule has 0 saturated carbocycles. The van der Waals surface area contributed by atoms with Gasteiger partial charge < -0.3 is 9.30 Å². The Morgan fingerprint density at radius 2 is 2.50 bits per heavy atom. The number of morpholine rings is 1. The molecule has 1 fully saturated rings. The van der Waals surface area contributed by atoms with E-state index in [4.69, 9.17) is 4.74 Å². The van der Waals surface area contributed by atoms with Crippen LogP contribution in [0.4, 0.5) is 0 Å². The fourth-order valence-electron chi connectivity index (χ4n) is 1.97. The standard InChI is InChI=1S/C11H18BrN3O/c1-14-5-3-13-11(14)2-4-15-6-7-16-10(8-12)9-15/h3,5,10H,2,4,6-9H2,1H3. The largest absolute Gasteiger partial charge is 0.375 e. The molecule has 1 aromatic rings. The average molecular weight is 288 g/mol. The molecule has 0 N–H and O–H groups in total. The van der Waals surface area contributed by atoms with Gasteiger partial charge in [-0.25, -0.2) is 4.98 Å². The molecule has 1 aromatic heterocycles. The van der Waals surface area contributed by atoms with Crippen molar-refractivity contribution in [2.45, 2.75) is 12.5 Å². The van der Waals surface area contributed by atoms with Crippen molar-refractivity contribution < 1.29 is 4.74 Å². The summed E-state index contributed by atoms with van der Waals surface area (Å²) in [5.74, 6) is 1.15. The number of imidazole rings is 1. The van der Waals surface area contributed by atoms with Crippen LogP contribution in [0.5, 0.6) is 0 Å². The molecule has 2 heterocycles. The molecule has 2 rings (SSSR count). The maximum atomic E-state index is 5.61. The predicted octanol–water partition coefficient (Wildman–Crippen LogP) is 1.06. The van der Waals surface area contributed by atoms with Gasteiger partial charge in [0.05, 0.1) is 12.7 Å². The Labute approximate surface area is 105 Å². The molecule has 5 heteroatoms. The highest BCUT2D eigenvalue weighted by molar-refractivity contribution is 9.09. The normalized spacial score (nSPS) is 22.5. The molecule has 1 aliphatic rings. The van der Waals surface area contributed by atoms with Crippen LogP contribution in [0.3, 0.4) is 0 Å². The maximum absolute atomic E-state index is 5.61. The van der Waals surface area contributed by atoms with Gasteiger partial charge >= 0.3 is 0 Å². The fourth-order valence-corrected chi connectivity index (χ4v) is 2.36. The molecule has 0 bridgehead atoms. The molecule has 0 radical (unpaired) electrons. The van der Waals surface area contributed by atoms with E-state index in [2.05, 4.69) is 30.4 Å². The minimum atomic E-state index is 0.343. The summed E-state index contributed by atoms with van der Waals surface area (Å²) in [5, 5.41) is 0.923. The molecule has 1 unspecified atom stereocenters. The maximum Gasteiger partial charge on any atom is 0.109 e. The highest BCUT2D eigenvalue weighted by atomic mass is 79.9. The van der Waals surface area contributed by atoms with Crippen molar-refractivity contribution >= 4 is 15.9 Å². The summed E-state index contributed by atoms with van der Waals surface area (Å²) in [6, 6.07) is 0. The van der Waals surface area contributed by atoms with Gasteiger partial charge in [-0.1, -0.05) is 15.9 Å². The van der Waals surface area contributed by atoms with Gasteiger partial charge in [0.2, 0.25) is 0 Å². The molecule has 0 amide bonds. The van der Waals surface area contributed by atoms with Crippen LogP contribution in [0.25, 0.3) is 0 Å². The summed E-state index contributed by atoms with van der Waals surface area (Å²) >= 11 is 3.47. The Morgan fingerprint density at radius 3 is 3.19 bits per heavy atom. The number of hydrogen-bond acceptors (Lipinski definition) is 3. The number of hydrogen-bond donors (Lipinski definition) is 0. The van der Waals surface area contributed by atoms with Crippen molar-refractivity contribution in [3.05, 3.63) is 18.2 Å². The third-order valence-electron chi connectivity index (χ3n) is 2.97. The van der Waals surface area contributed by atoms with Gasteiger partial charge in [0, 0.05) is 50.8 Å². The number of rotatable bonds is 4. The second kappa shape index (κ2) is 5.80. The number of aryl methyl sites for hydroxylation is 1. The third kappa shape index (κ3) is 3.06. The van der Waals surface area contributed by atoms with Gasteiger partial charge in [-0.15, -0.1) is 0 Å². The summed E-state index contributed by atoms with van der Waals surface area (Å²) in [7, 11) is 2.04. The Hall–Kier alpha value is -0.390. The molecule has 16 heavy (non-hydrogen) atoms. The average Bonchev–Trinajstić information content (AvgIpc) is 2.72. The molecule has 1 aliphatic heterocycles. The lowest BCUT2D eigenvalue weighted by molar-refractivity contribution is -0.0148.